The molecule has 1 atom stereocenters. The van der Waals surface area contributed by atoms with E-state index in [2.05, 4.69) is 60.6 Å². The molecule has 0 aliphatic carbocycles. The van der Waals surface area contributed by atoms with Crippen LogP contribution in [0, 0.1) is 5.92 Å². The summed E-state index contributed by atoms with van der Waals surface area (Å²) in [6.07, 6.45) is 17.0. The van der Waals surface area contributed by atoms with Gasteiger partial charge >= 0.3 is 0 Å². The molecule has 0 fully saturated rings. The third-order valence-corrected chi connectivity index (χ3v) is 7.14. The predicted octanol–water partition coefficient (Wildman–Crippen LogP) is 8.72. The number of rotatable bonds is 16. The van der Waals surface area contributed by atoms with E-state index in [0.717, 1.165) is 30.4 Å². The van der Waals surface area contributed by atoms with Crippen molar-refractivity contribution in [1.82, 2.24) is 0 Å². The lowest BCUT2D eigenvalue weighted by atomic mass is 9.77. The molecule has 1 amide bonds. The van der Waals surface area contributed by atoms with Gasteiger partial charge in [0.05, 0.1) is 0 Å². The Balaban J connectivity index is 2.58. The number of hydrogen-bond acceptors (Lipinski definition) is 2. The van der Waals surface area contributed by atoms with Gasteiger partial charge < -0.3 is 10.8 Å². The molecular weight excluding hydrogens is 418 g/mol. The summed E-state index contributed by atoms with van der Waals surface area (Å²) in [4.78, 5) is 12.3. The van der Waals surface area contributed by atoms with Gasteiger partial charge in [0.2, 0.25) is 5.91 Å². The SMILES string of the molecule is CCCCCCCCCCCCCCC(Cc1cc(C(C)(C)C)cc(C(C)(C)C)c1O)C(N)=O. The second-order valence-corrected chi connectivity index (χ2v) is 12.5. The van der Waals surface area contributed by atoms with Crippen molar-refractivity contribution in [2.75, 3.05) is 0 Å². The molecule has 1 rings (SSSR count). The molecule has 3 nitrogen and oxygen atoms in total. The fourth-order valence-electron chi connectivity index (χ4n) is 4.70. The number of carbonyl (C=O) groups is 1. The first-order valence-corrected chi connectivity index (χ1v) is 14.0. The molecule has 3 heteroatoms. The van der Waals surface area contributed by atoms with Gasteiger partial charge in [-0.1, -0.05) is 138 Å². The summed E-state index contributed by atoms with van der Waals surface area (Å²) in [6, 6.07) is 4.21. The van der Waals surface area contributed by atoms with Gasteiger partial charge in [-0.2, -0.15) is 0 Å². The van der Waals surface area contributed by atoms with Crippen molar-refractivity contribution >= 4 is 5.91 Å². The molecule has 0 radical (unpaired) electrons. The summed E-state index contributed by atoms with van der Waals surface area (Å²) in [5.74, 6) is -0.139. The van der Waals surface area contributed by atoms with Crippen LogP contribution in [0.4, 0.5) is 0 Å². The van der Waals surface area contributed by atoms with E-state index in [1.54, 1.807) is 0 Å². The van der Waals surface area contributed by atoms with Crippen molar-refractivity contribution < 1.29 is 9.90 Å². The Hall–Kier alpha value is -1.51. The average Bonchev–Trinajstić information content (AvgIpc) is 2.72. The highest BCUT2D eigenvalue weighted by atomic mass is 16.3. The molecule has 0 heterocycles. The first-order valence-electron chi connectivity index (χ1n) is 14.0. The smallest absolute Gasteiger partial charge is 0.220 e. The maximum atomic E-state index is 12.3. The number of benzene rings is 1. The Morgan fingerprint density at radius 3 is 1.68 bits per heavy atom. The summed E-state index contributed by atoms with van der Waals surface area (Å²) < 4.78 is 0. The zero-order chi connectivity index (χ0) is 25.8. The molecule has 0 spiro atoms. The highest BCUT2D eigenvalue weighted by molar-refractivity contribution is 5.77. The molecular formula is C31H55NO2. The third kappa shape index (κ3) is 11.3. The minimum atomic E-state index is -0.249. The molecule has 0 aliphatic rings. The van der Waals surface area contributed by atoms with Crippen LogP contribution < -0.4 is 5.73 Å². The Morgan fingerprint density at radius 1 is 0.794 bits per heavy atom. The van der Waals surface area contributed by atoms with Crippen molar-refractivity contribution in [2.24, 2.45) is 11.7 Å². The zero-order valence-electron chi connectivity index (χ0n) is 23.6. The first-order chi connectivity index (χ1) is 15.9. The topological polar surface area (TPSA) is 63.3 Å². The monoisotopic (exact) mass is 473 g/mol. The van der Waals surface area contributed by atoms with Crippen molar-refractivity contribution in [3.63, 3.8) is 0 Å². The number of phenolic OH excluding ortho intramolecular Hbond substituents is 1. The minimum Gasteiger partial charge on any atom is -0.507 e. The van der Waals surface area contributed by atoms with Gasteiger partial charge in [0.15, 0.2) is 0 Å². The van der Waals surface area contributed by atoms with Crippen LogP contribution in [-0.2, 0) is 22.0 Å². The van der Waals surface area contributed by atoms with Gasteiger partial charge in [0, 0.05) is 5.92 Å². The van der Waals surface area contributed by atoms with Crippen molar-refractivity contribution in [1.29, 1.82) is 0 Å². The van der Waals surface area contributed by atoms with E-state index in [1.807, 2.05) is 0 Å². The largest absolute Gasteiger partial charge is 0.507 e. The average molecular weight is 474 g/mol. The lowest BCUT2D eigenvalue weighted by Gasteiger charge is -2.28. The van der Waals surface area contributed by atoms with Crippen molar-refractivity contribution in [3.8, 4) is 5.75 Å². The predicted molar refractivity (Wildman–Crippen MR) is 148 cm³/mol. The summed E-state index contributed by atoms with van der Waals surface area (Å²) in [5.41, 5.74) is 8.61. The quantitative estimate of drug-likeness (QED) is 0.236. The van der Waals surface area contributed by atoms with Gasteiger partial charge in [-0.25, -0.2) is 0 Å². The number of primary amides is 1. The number of nitrogens with two attached hydrogens (primary N) is 1. The number of carbonyl (C=O) groups excluding carboxylic acids is 1. The minimum absolute atomic E-state index is 0.0276. The highest BCUT2D eigenvalue weighted by Gasteiger charge is 2.27. The van der Waals surface area contributed by atoms with E-state index in [0.29, 0.717) is 12.2 Å². The van der Waals surface area contributed by atoms with Crippen LogP contribution in [-0.4, -0.2) is 11.0 Å². The summed E-state index contributed by atoms with van der Waals surface area (Å²) in [6.45, 7) is 15.2. The van der Waals surface area contributed by atoms with E-state index in [1.165, 1.54) is 69.8 Å². The van der Waals surface area contributed by atoms with E-state index < -0.39 is 0 Å². The van der Waals surface area contributed by atoms with Crippen LogP contribution in [0.3, 0.4) is 0 Å². The summed E-state index contributed by atoms with van der Waals surface area (Å²) >= 11 is 0. The molecule has 1 aromatic carbocycles. The summed E-state index contributed by atoms with van der Waals surface area (Å²) in [5, 5.41) is 11.1. The maximum Gasteiger partial charge on any atom is 0.220 e. The van der Waals surface area contributed by atoms with E-state index in [-0.39, 0.29) is 22.7 Å². The van der Waals surface area contributed by atoms with Gasteiger partial charge in [-0.3, -0.25) is 4.79 Å². The molecule has 0 aliphatic heterocycles. The molecule has 196 valence electrons. The van der Waals surface area contributed by atoms with Gasteiger partial charge in [0.25, 0.3) is 0 Å². The van der Waals surface area contributed by atoms with E-state index in [4.69, 9.17) is 5.73 Å². The maximum absolute atomic E-state index is 12.3. The summed E-state index contributed by atoms with van der Waals surface area (Å²) in [7, 11) is 0. The van der Waals surface area contributed by atoms with Crippen LogP contribution in [0.25, 0.3) is 0 Å². The molecule has 0 saturated heterocycles. The second kappa shape index (κ2) is 14.8. The number of amides is 1. The van der Waals surface area contributed by atoms with Gasteiger partial charge in [-0.05, 0) is 40.4 Å². The molecule has 1 unspecified atom stereocenters. The highest BCUT2D eigenvalue weighted by Crippen LogP contribution is 2.38. The van der Waals surface area contributed by atoms with Crippen LogP contribution in [0.1, 0.15) is 149 Å². The molecule has 34 heavy (non-hydrogen) atoms. The van der Waals surface area contributed by atoms with Crippen LogP contribution in [0.2, 0.25) is 0 Å². The number of unbranched alkanes of at least 4 members (excludes halogenated alkanes) is 11. The fourth-order valence-corrected chi connectivity index (χ4v) is 4.70. The Morgan fingerprint density at radius 2 is 1.26 bits per heavy atom. The Labute approximate surface area is 211 Å². The van der Waals surface area contributed by atoms with Crippen LogP contribution in [0.5, 0.6) is 5.75 Å². The van der Waals surface area contributed by atoms with Gasteiger partial charge in [0.1, 0.15) is 5.75 Å². The lowest BCUT2D eigenvalue weighted by molar-refractivity contribution is -0.122. The standard InChI is InChI=1S/C31H55NO2/c1-8-9-10-11-12-13-14-15-16-17-18-19-20-24(29(32)34)21-25-22-26(30(2,3)4)23-27(28(25)33)31(5,6)7/h22-24,33H,8-21H2,1-7H3,(H2,32,34). The van der Waals surface area contributed by atoms with Gasteiger partial charge in [-0.15, -0.1) is 0 Å². The first kappa shape index (κ1) is 30.5. The number of aromatic hydroxyl groups is 1. The van der Waals surface area contributed by atoms with Crippen LogP contribution in [0.15, 0.2) is 12.1 Å². The van der Waals surface area contributed by atoms with E-state index >= 15 is 0 Å². The normalized spacial score (nSPS) is 13.3. The van der Waals surface area contributed by atoms with Crippen molar-refractivity contribution in [3.05, 3.63) is 28.8 Å². The fraction of sp³-hybridized carbons (Fsp3) is 0.774. The Bertz CT molecular complexity index is 724. The zero-order valence-corrected chi connectivity index (χ0v) is 23.6. The van der Waals surface area contributed by atoms with E-state index in [9.17, 15) is 9.90 Å². The molecule has 0 saturated carbocycles. The molecule has 0 bridgehead atoms. The lowest BCUT2D eigenvalue weighted by Crippen LogP contribution is -2.26. The number of hydrogen-bond donors (Lipinski definition) is 2. The Kier molecular flexibility index (Phi) is 13.3. The molecule has 3 N–H and O–H groups in total. The van der Waals surface area contributed by atoms with Crippen molar-refractivity contribution in [2.45, 2.75) is 149 Å². The third-order valence-electron chi connectivity index (χ3n) is 7.14. The molecule has 0 aromatic heterocycles. The second-order valence-electron chi connectivity index (χ2n) is 12.5. The number of phenols is 1. The van der Waals surface area contributed by atoms with Crippen LogP contribution >= 0.6 is 0 Å². The molecule has 1 aromatic rings.